The summed E-state index contributed by atoms with van der Waals surface area (Å²) in [6.45, 7) is 2.32. The maximum atomic E-state index is 9.62. The van der Waals surface area contributed by atoms with Crippen molar-refractivity contribution in [2.24, 2.45) is 0 Å². The van der Waals surface area contributed by atoms with Crippen molar-refractivity contribution in [3.8, 4) is 5.75 Å². The lowest BCUT2D eigenvalue weighted by Crippen LogP contribution is -2.34. The van der Waals surface area contributed by atoms with Crippen LogP contribution in [0.15, 0.2) is 18.2 Å². The summed E-state index contributed by atoms with van der Waals surface area (Å²) in [6.07, 6.45) is 0.304. The molecule has 1 saturated heterocycles. The average Bonchev–Trinajstić information content (AvgIpc) is 2.89. The Bertz CT molecular complexity index is 550. The Morgan fingerprint density at radius 1 is 1.48 bits per heavy atom. The van der Waals surface area contributed by atoms with Gasteiger partial charge in [0.05, 0.1) is 5.37 Å². The Labute approximate surface area is 129 Å². The van der Waals surface area contributed by atoms with Gasteiger partial charge in [-0.15, -0.1) is 11.8 Å². The predicted molar refractivity (Wildman–Crippen MR) is 86.4 cm³/mol. The second-order valence-electron chi connectivity index (χ2n) is 5.88. The normalized spacial score (nSPS) is 25.7. The maximum absolute atomic E-state index is 9.62. The highest BCUT2D eigenvalue weighted by Crippen LogP contribution is 2.55. The summed E-state index contributed by atoms with van der Waals surface area (Å²) >= 11 is 2.03. The maximum Gasteiger partial charge on any atom is 0.406 e. The van der Waals surface area contributed by atoms with E-state index in [9.17, 15) is 9.90 Å². The van der Waals surface area contributed by atoms with Gasteiger partial charge in [-0.05, 0) is 35.9 Å². The van der Waals surface area contributed by atoms with Crippen LogP contribution in [0.2, 0.25) is 0 Å². The lowest BCUT2D eigenvalue weighted by atomic mass is 9.82. The van der Waals surface area contributed by atoms with E-state index in [-0.39, 0.29) is 5.41 Å². The topological polar surface area (TPSA) is 64.0 Å². The van der Waals surface area contributed by atoms with Gasteiger partial charge >= 0.3 is 6.09 Å². The number of amides is 1. The van der Waals surface area contributed by atoms with Gasteiger partial charge in [-0.25, -0.2) is 4.79 Å². The first-order valence-electron chi connectivity index (χ1n) is 6.85. The number of phenols is 1. The van der Waals surface area contributed by atoms with E-state index in [0.717, 1.165) is 4.90 Å². The monoisotopic (exact) mass is 310 g/mol. The number of hydrogen-bond acceptors (Lipinski definition) is 4. The molecule has 2 aliphatic heterocycles. The molecule has 1 amide bonds. The van der Waals surface area contributed by atoms with E-state index >= 15 is 0 Å². The number of carbonyl (C=O) groups is 1. The van der Waals surface area contributed by atoms with E-state index in [1.807, 2.05) is 23.9 Å². The van der Waals surface area contributed by atoms with Crippen molar-refractivity contribution in [2.75, 3.05) is 31.8 Å². The first-order valence-corrected chi connectivity index (χ1v) is 7.90. The van der Waals surface area contributed by atoms with Crippen molar-refractivity contribution in [2.45, 2.75) is 24.1 Å². The summed E-state index contributed by atoms with van der Waals surface area (Å²) in [5.74, 6) is 1.61. The molecular weight excluding hydrogens is 288 g/mol. The molecule has 2 heterocycles. The van der Waals surface area contributed by atoms with Gasteiger partial charge in [0, 0.05) is 32.2 Å². The Balaban J connectivity index is 0.000000232. The standard InChI is InChI=1S/C12H15NOS.C3H7NO2/c1-12-5-6-15-11(12)13(2)10-4-3-8(14)7-9(10)12;1-4(2)3(5)6/h3-4,7,11,14H,5-6H2,1-2H3;1-2H3,(H,5,6). The molecule has 2 unspecified atom stereocenters. The molecule has 21 heavy (non-hydrogen) atoms. The Morgan fingerprint density at radius 3 is 2.67 bits per heavy atom. The summed E-state index contributed by atoms with van der Waals surface area (Å²) in [6, 6.07) is 5.76. The van der Waals surface area contributed by atoms with E-state index in [1.54, 1.807) is 6.07 Å². The largest absolute Gasteiger partial charge is 0.508 e. The van der Waals surface area contributed by atoms with Crippen LogP contribution in [0.5, 0.6) is 5.75 Å². The van der Waals surface area contributed by atoms with Crippen LogP contribution < -0.4 is 4.90 Å². The average molecular weight is 310 g/mol. The molecule has 0 saturated carbocycles. The van der Waals surface area contributed by atoms with E-state index < -0.39 is 6.09 Å². The van der Waals surface area contributed by atoms with Gasteiger partial charge < -0.3 is 20.0 Å². The number of carboxylic acid groups (broad SMARTS) is 1. The molecule has 0 aromatic heterocycles. The molecule has 0 radical (unpaired) electrons. The zero-order chi connectivity index (χ0) is 15.8. The predicted octanol–water partition coefficient (Wildman–Crippen LogP) is 2.79. The minimum atomic E-state index is -0.907. The molecule has 0 spiro atoms. The van der Waals surface area contributed by atoms with Crippen LogP contribution >= 0.6 is 11.8 Å². The van der Waals surface area contributed by atoms with Crippen LogP contribution in [0.1, 0.15) is 18.9 Å². The number of likely N-dealkylation sites (N-methyl/N-ethyl adjacent to an activating group) is 1. The molecule has 1 fully saturated rings. The molecule has 2 aliphatic rings. The highest BCUT2D eigenvalue weighted by molar-refractivity contribution is 8.00. The van der Waals surface area contributed by atoms with Gasteiger partial charge in [0.15, 0.2) is 0 Å². The third-order valence-corrected chi connectivity index (χ3v) is 5.74. The number of rotatable bonds is 0. The molecule has 6 heteroatoms. The molecule has 2 N–H and O–H groups in total. The van der Waals surface area contributed by atoms with Gasteiger partial charge in [0.2, 0.25) is 0 Å². The van der Waals surface area contributed by atoms with Crippen LogP contribution in [-0.2, 0) is 5.41 Å². The summed E-state index contributed by atoms with van der Waals surface area (Å²) < 4.78 is 0. The third-order valence-electron chi connectivity index (χ3n) is 4.15. The van der Waals surface area contributed by atoms with Crippen LogP contribution in [0, 0.1) is 0 Å². The van der Waals surface area contributed by atoms with Gasteiger partial charge in [-0.1, -0.05) is 6.92 Å². The van der Waals surface area contributed by atoms with Crippen molar-refractivity contribution in [1.82, 2.24) is 4.90 Å². The molecule has 1 aromatic carbocycles. The van der Waals surface area contributed by atoms with Gasteiger partial charge in [-0.3, -0.25) is 0 Å². The van der Waals surface area contributed by atoms with E-state index in [2.05, 4.69) is 18.9 Å². The number of nitrogens with zero attached hydrogens (tertiary/aromatic N) is 2. The number of hydrogen-bond donors (Lipinski definition) is 2. The Hall–Kier alpha value is -1.56. The highest BCUT2D eigenvalue weighted by atomic mass is 32.2. The zero-order valence-corrected chi connectivity index (χ0v) is 13.6. The second kappa shape index (κ2) is 5.67. The fraction of sp³-hybridized carbons (Fsp3) is 0.533. The van der Waals surface area contributed by atoms with E-state index in [1.165, 1.54) is 37.5 Å². The lowest BCUT2D eigenvalue weighted by Gasteiger charge is -2.27. The van der Waals surface area contributed by atoms with Crippen molar-refractivity contribution >= 4 is 23.5 Å². The van der Waals surface area contributed by atoms with Gasteiger partial charge in [-0.2, -0.15) is 0 Å². The first-order chi connectivity index (χ1) is 9.77. The third kappa shape index (κ3) is 2.77. The SMILES string of the molecule is CN(C)C(=O)O.CN1c2ccc(O)cc2C2(C)CCSC12. The van der Waals surface area contributed by atoms with Crippen LogP contribution in [0.3, 0.4) is 0 Å². The zero-order valence-electron chi connectivity index (χ0n) is 12.8. The molecule has 116 valence electrons. The van der Waals surface area contributed by atoms with Crippen molar-refractivity contribution in [1.29, 1.82) is 0 Å². The number of fused-ring (bicyclic) bond motifs is 3. The number of benzene rings is 1. The van der Waals surface area contributed by atoms with E-state index in [0.29, 0.717) is 11.1 Å². The summed E-state index contributed by atoms with van der Waals surface area (Å²) in [4.78, 5) is 13.1. The number of aromatic hydroxyl groups is 1. The van der Waals surface area contributed by atoms with Crippen LogP contribution in [-0.4, -0.2) is 53.5 Å². The fourth-order valence-electron chi connectivity index (χ4n) is 2.91. The highest BCUT2D eigenvalue weighted by Gasteiger charge is 2.49. The number of thioether (sulfide) groups is 1. The van der Waals surface area contributed by atoms with Crippen LogP contribution in [0.4, 0.5) is 10.5 Å². The molecule has 5 nitrogen and oxygen atoms in total. The fourth-order valence-corrected chi connectivity index (χ4v) is 4.63. The van der Waals surface area contributed by atoms with Crippen molar-refractivity contribution < 1.29 is 15.0 Å². The lowest BCUT2D eigenvalue weighted by molar-refractivity contribution is 0.165. The minimum absolute atomic E-state index is 0.230. The number of anilines is 1. The van der Waals surface area contributed by atoms with Crippen molar-refractivity contribution in [3.63, 3.8) is 0 Å². The van der Waals surface area contributed by atoms with Crippen molar-refractivity contribution in [3.05, 3.63) is 23.8 Å². The number of phenolic OH excluding ortho intramolecular Hbond substituents is 1. The Morgan fingerprint density at radius 2 is 2.10 bits per heavy atom. The summed E-state index contributed by atoms with van der Waals surface area (Å²) in [5.41, 5.74) is 2.83. The first kappa shape index (κ1) is 15.8. The molecular formula is C15H22N2O3S. The molecule has 0 bridgehead atoms. The quantitative estimate of drug-likeness (QED) is 0.771. The summed E-state index contributed by atoms with van der Waals surface area (Å²) in [5, 5.41) is 18.1. The molecule has 0 aliphatic carbocycles. The molecule has 2 atom stereocenters. The Kier molecular flexibility index (Phi) is 4.27. The summed E-state index contributed by atoms with van der Waals surface area (Å²) in [7, 11) is 5.11. The smallest absolute Gasteiger partial charge is 0.406 e. The van der Waals surface area contributed by atoms with Crippen LogP contribution in [0.25, 0.3) is 0 Å². The van der Waals surface area contributed by atoms with Gasteiger partial charge in [0.25, 0.3) is 0 Å². The molecule has 3 rings (SSSR count). The second-order valence-corrected chi connectivity index (χ2v) is 7.07. The van der Waals surface area contributed by atoms with Gasteiger partial charge in [0.1, 0.15) is 5.75 Å². The van der Waals surface area contributed by atoms with E-state index in [4.69, 9.17) is 5.11 Å². The molecule has 1 aromatic rings. The minimum Gasteiger partial charge on any atom is -0.508 e.